The largest absolute Gasteiger partial charge is 0.494 e. The Morgan fingerprint density at radius 1 is 1.29 bits per heavy atom. The minimum Gasteiger partial charge on any atom is -0.494 e. The number of anilines is 1. The van der Waals surface area contributed by atoms with E-state index in [0.29, 0.717) is 12.6 Å². The van der Waals surface area contributed by atoms with Gasteiger partial charge in [-0.05, 0) is 32.9 Å². The van der Waals surface area contributed by atoms with Gasteiger partial charge in [-0.1, -0.05) is 6.07 Å². The number of hydrogen-bond donors (Lipinski definition) is 1. The van der Waals surface area contributed by atoms with Crippen LogP contribution >= 0.6 is 0 Å². The van der Waals surface area contributed by atoms with Crippen molar-refractivity contribution in [1.82, 2.24) is 19.3 Å². The van der Waals surface area contributed by atoms with Gasteiger partial charge in [0, 0.05) is 12.6 Å². The fourth-order valence-corrected chi connectivity index (χ4v) is 2.54. The number of nitrogen functional groups attached to an aromatic ring is 1. The summed E-state index contributed by atoms with van der Waals surface area (Å²) in [6, 6.07) is 7.83. The Morgan fingerprint density at radius 3 is 2.81 bits per heavy atom. The van der Waals surface area contributed by atoms with Crippen molar-refractivity contribution in [1.29, 1.82) is 0 Å². The number of rotatable bonds is 4. The zero-order chi connectivity index (χ0) is 15.0. The summed E-state index contributed by atoms with van der Waals surface area (Å²) >= 11 is 0. The molecule has 0 radical (unpaired) electrons. The van der Waals surface area contributed by atoms with Gasteiger partial charge in [0.05, 0.1) is 18.0 Å². The second kappa shape index (κ2) is 5.12. The minimum absolute atomic E-state index is 0.460. The molecule has 0 bridgehead atoms. The van der Waals surface area contributed by atoms with Gasteiger partial charge in [-0.3, -0.25) is 4.57 Å². The van der Waals surface area contributed by atoms with Crippen molar-refractivity contribution in [3.05, 3.63) is 30.0 Å². The Bertz CT molecular complexity index is 787. The lowest BCUT2D eigenvalue weighted by atomic mass is 10.3. The molecule has 2 aromatic heterocycles. The summed E-state index contributed by atoms with van der Waals surface area (Å²) in [6.45, 7) is 7.36. The number of nitrogens with two attached hydrogens (primary N) is 1. The normalized spacial score (nSPS) is 11.2. The SMILES string of the molecule is CCOc1cccc(-n2c(N)nc3c(C)nn(CC)c32)c1. The molecule has 0 aliphatic heterocycles. The molecule has 0 saturated heterocycles. The molecule has 6 nitrogen and oxygen atoms in total. The number of hydrogen-bond acceptors (Lipinski definition) is 4. The summed E-state index contributed by atoms with van der Waals surface area (Å²) < 4.78 is 9.40. The van der Waals surface area contributed by atoms with Crippen LogP contribution in [0.15, 0.2) is 24.3 Å². The summed E-state index contributed by atoms with van der Waals surface area (Å²) in [6.07, 6.45) is 0. The van der Waals surface area contributed by atoms with E-state index in [1.807, 2.05) is 47.4 Å². The van der Waals surface area contributed by atoms with Crippen LogP contribution in [0.4, 0.5) is 5.95 Å². The molecular formula is C15H19N5O. The second-order valence-corrected chi connectivity index (χ2v) is 4.81. The molecule has 0 amide bonds. The van der Waals surface area contributed by atoms with Gasteiger partial charge in [-0.15, -0.1) is 0 Å². The van der Waals surface area contributed by atoms with Gasteiger partial charge in [-0.2, -0.15) is 5.10 Å². The van der Waals surface area contributed by atoms with E-state index in [0.717, 1.165) is 34.8 Å². The van der Waals surface area contributed by atoms with Crippen LogP contribution in [0.3, 0.4) is 0 Å². The van der Waals surface area contributed by atoms with Gasteiger partial charge in [0.25, 0.3) is 0 Å². The number of imidazole rings is 1. The van der Waals surface area contributed by atoms with Crippen LogP contribution in [-0.4, -0.2) is 25.9 Å². The molecule has 2 heterocycles. The first-order valence-electron chi connectivity index (χ1n) is 7.10. The standard InChI is InChI=1S/C15H19N5O/c1-4-19-14-13(10(3)18-19)17-15(16)20(14)11-7-6-8-12(9-11)21-5-2/h6-9H,4-5H2,1-3H3,(H2,16,17). The lowest BCUT2D eigenvalue weighted by molar-refractivity contribution is 0.340. The maximum Gasteiger partial charge on any atom is 0.207 e. The molecule has 0 fully saturated rings. The molecule has 21 heavy (non-hydrogen) atoms. The van der Waals surface area contributed by atoms with Gasteiger partial charge < -0.3 is 10.5 Å². The van der Waals surface area contributed by atoms with E-state index in [1.165, 1.54) is 0 Å². The van der Waals surface area contributed by atoms with E-state index < -0.39 is 0 Å². The molecule has 2 N–H and O–H groups in total. The summed E-state index contributed by atoms with van der Waals surface area (Å²) in [5, 5.41) is 4.50. The predicted molar refractivity (Wildman–Crippen MR) is 82.8 cm³/mol. The summed E-state index contributed by atoms with van der Waals surface area (Å²) in [5.41, 5.74) is 9.69. The number of aryl methyl sites for hydroxylation is 2. The summed E-state index contributed by atoms with van der Waals surface area (Å²) in [4.78, 5) is 4.45. The van der Waals surface area contributed by atoms with E-state index in [2.05, 4.69) is 17.0 Å². The van der Waals surface area contributed by atoms with E-state index in [4.69, 9.17) is 10.5 Å². The average Bonchev–Trinajstić information content (AvgIpc) is 2.96. The number of aromatic nitrogens is 4. The Hall–Kier alpha value is -2.50. The van der Waals surface area contributed by atoms with Crippen molar-refractivity contribution in [2.75, 3.05) is 12.3 Å². The molecule has 110 valence electrons. The lowest BCUT2D eigenvalue weighted by Gasteiger charge is -2.10. The smallest absolute Gasteiger partial charge is 0.207 e. The molecule has 0 aliphatic rings. The summed E-state index contributed by atoms with van der Waals surface area (Å²) in [5.74, 6) is 1.27. The molecule has 0 aliphatic carbocycles. The highest BCUT2D eigenvalue weighted by Gasteiger charge is 2.18. The highest BCUT2D eigenvalue weighted by molar-refractivity contribution is 5.80. The number of fused-ring (bicyclic) bond motifs is 1. The van der Waals surface area contributed by atoms with Gasteiger partial charge >= 0.3 is 0 Å². The van der Waals surface area contributed by atoms with E-state index in [1.54, 1.807) is 0 Å². The molecule has 3 aromatic rings. The Balaban J connectivity index is 2.24. The molecule has 3 rings (SSSR count). The van der Waals surface area contributed by atoms with Crippen LogP contribution in [0, 0.1) is 6.92 Å². The Morgan fingerprint density at radius 2 is 2.10 bits per heavy atom. The van der Waals surface area contributed by atoms with Gasteiger partial charge in [0.15, 0.2) is 5.65 Å². The van der Waals surface area contributed by atoms with Crippen LogP contribution in [-0.2, 0) is 6.54 Å². The van der Waals surface area contributed by atoms with Crippen molar-refractivity contribution in [2.45, 2.75) is 27.3 Å². The fraction of sp³-hybridized carbons (Fsp3) is 0.333. The third-order valence-electron chi connectivity index (χ3n) is 3.42. The van der Waals surface area contributed by atoms with Crippen molar-refractivity contribution < 1.29 is 4.74 Å². The maximum atomic E-state index is 6.12. The number of ether oxygens (including phenoxy) is 1. The molecule has 0 atom stereocenters. The van der Waals surface area contributed by atoms with Gasteiger partial charge in [0.2, 0.25) is 5.95 Å². The van der Waals surface area contributed by atoms with Gasteiger partial charge in [-0.25, -0.2) is 9.67 Å². The minimum atomic E-state index is 0.460. The molecule has 0 unspecified atom stereocenters. The number of benzene rings is 1. The monoisotopic (exact) mass is 285 g/mol. The highest BCUT2D eigenvalue weighted by atomic mass is 16.5. The number of nitrogens with zero attached hydrogens (tertiary/aromatic N) is 4. The van der Waals surface area contributed by atoms with Crippen LogP contribution in [0.1, 0.15) is 19.5 Å². The Kier molecular flexibility index (Phi) is 3.29. The van der Waals surface area contributed by atoms with Crippen molar-refractivity contribution in [3.63, 3.8) is 0 Å². The van der Waals surface area contributed by atoms with E-state index in [-0.39, 0.29) is 0 Å². The van der Waals surface area contributed by atoms with E-state index in [9.17, 15) is 0 Å². The quantitative estimate of drug-likeness (QED) is 0.799. The Labute approximate surface area is 123 Å². The van der Waals surface area contributed by atoms with Crippen molar-refractivity contribution >= 4 is 17.1 Å². The lowest BCUT2D eigenvalue weighted by Crippen LogP contribution is -2.06. The first-order valence-corrected chi connectivity index (χ1v) is 7.10. The zero-order valence-corrected chi connectivity index (χ0v) is 12.5. The van der Waals surface area contributed by atoms with Crippen LogP contribution in [0.25, 0.3) is 16.9 Å². The maximum absolute atomic E-state index is 6.12. The fourth-order valence-electron chi connectivity index (χ4n) is 2.54. The zero-order valence-electron chi connectivity index (χ0n) is 12.5. The molecule has 0 saturated carbocycles. The van der Waals surface area contributed by atoms with Crippen LogP contribution in [0.5, 0.6) is 5.75 Å². The molecule has 6 heteroatoms. The van der Waals surface area contributed by atoms with Crippen molar-refractivity contribution in [2.24, 2.45) is 0 Å². The predicted octanol–water partition coefficient (Wildman–Crippen LogP) is 2.53. The van der Waals surface area contributed by atoms with Crippen LogP contribution in [0.2, 0.25) is 0 Å². The molecular weight excluding hydrogens is 266 g/mol. The molecule has 0 spiro atoms. The summed E-state index contributed by atoms with van der Waals surface area (Å²) in [7, 11) is 0. The van der Waals surface area contributed by atoms with Gasteiger partial charge in [0.1, 0.15) is 11.3 Å². The second-order valence-electron chi connectivity index (χ2n) is 4.81. The van der Waals surface area contributed by atoms with Crippen molar-refractivity contribution in [3.8, 4) is 11.4 Å². The third kappa shape index (κ3) is 2.12. The first-order chi connectivity index (χ1) is 10.2. The van der Waals surface area contributed by atoms with E-state index >= 15 is 0 Å². The third-order valence-corrected chi connectivity index (χ3v) is 3.42. The molecule has 1 aromatic carbocycles. The first kappa shape index (κ1) is 13.5. The topological polar surface area (TPSA) is 70.9 Å². The van der Waals surface area contributed by atoms with Crippen LogP contribution < -0.4 is 10.5 Å². The average molecular weight is 285 g/mol. The highest BCUT2D eigenvalue weighted by Crippen LogP contribution is 2.27.